The second-order valence-corrected chi connectivity index (χ2v) is 5.43. The van der Waals surface area contributed by atoms with Crippen molar-refractivity contribution >= 4 is 17.9 Å². The molecule has 0 aromatic heterocycles. The molecule has 2 aliphatic carbocycles. The van der Waals surface area contributed by atoms with Crippen molar-refractivity contribution in [3.05, 3.63) is 0 Å². The van der Waals surface area contributed by atoms with Crippen LogP contribution in [0, 0.1) is 17.8 Å². The predicted octanol–water partition coefficient (Wildman–Crippen LogP) is 0.811. The summed E-state index contributed by atoms with van der Waals surface area (Å²) >= 11 is 0. The Morgan fingerprint density at radius 1 is 1.21 bits per heavy atom. The number of imide groups is 1. The molecule has 0 unspecified atom stereocenters. The van der Waals surface area contributed by atoms with Crippen LogP contribution in [-0.4, -0.2) is 31.6 Å². The van der Waals surface area contributed by atoms with Crippen LogP contribution in [0.5, 0.6) is 0 Å². The van der Waals surface area contributed by atoms with Gasteiger partial charge in [-0.2, -0.15) is 0 Å². The number of rotatable bonds is 4. The highest BCUT2D eigenvalue weighted by molar-refractivity contribution is 5.95. The number of urea groups is 1. The van der Waals surface area contributed by atoms with Crippen LogP contribution in [0.1, 0.15) is 32.1 Å². The number of fused-ring (bicyclic) bond motifs is 2. The van der Waals surface area contributed by atoms with Gasteiger partial charge >= 0.3 is 12.0 Å². The first-order chi connectivity index (χ1) is 9.08. The van der Waals surface area contributed by atoms with E-state index in [0.29, 0.717) is 18.3 Å². The lowest BCUT2D eigenvalue weighted by Crippen LogP contribution is -2.39. The van der Waals surface area contributed by atoms with E-state index in [1.807, 2.05) is 5.32 Å². The normalized spacial score (nSPS) is 27.9. The van der Waals surface area contributed by atoms with Crippen LogP contribution < -0.4 is 10.6 Å². The fraction of sp³-hybridized carbons (Fsp3) is 0.769. The zero-order chi connectivity index (χ0) is 13.8. The molecule has 6 nitrogen and oxygen atoms in total. The molecule has 2 rings (SSSR count). The maximum absolute atomic E-state index is 11.6. The molecule has 0 radical (unpaired) electrons. The number of carbonyl (C=O) groups is 3. The Morgan fingerprint density at radius 3 is 2.58 bits per heavy atom. The summed E-state index contributed by atoms with van der Waals surface area (Å²) < 4.78 is 4.89. The monoisotopic (exact) mass is 268 g/mol. The molecule has 0 spiro atoms. The van der Waals surface area contributed by atoms with Crippen molar-refractivity contribution in [3.8, 4) is 0 Å². The fourth-order valence-corrected chi connectivity index (χ4v) is 3.27. The lowest BCUT2D eigenvalue weighted by Gasteiger charge is -2.20. The van der Waals surface area contributed by atoms with Gasteiger partial charge in [0.05, 0.1) is 0 Å². The topological polar surface area (TPSA) is 84.5 Å². The number of hydrogen-bond acceptors (Lipinski definition) is 4. The third-order valence-electron chi connectivity index (χ3n) is 4.16. The molecule has 0 aromatic rings. The van der Waals surface area contributed by atoms with Crippen molar-refractivity contribution in [1.29, 1.82) is 0 Å². The molecule has 19 heavy (non-hydrogen) atoms. The van der Waals surface area contributed by atoms with Gasteiger partial charge in [0.15, 0.2) is 6.61 Å². The minimum absolute atomic E-state index is 0.343. The highest BCUT2D eigenvalue weighted by Crippen LogP contribution is 2.49. The van der Waals surface area contributed by atoms with Gasteiger partial charge in [-0.1, -0.05) is 6.42 Å². The summed E-state index contributed by atoms with van der Waals surface area (Å²) in [5, 5.41) is 4.29. The number of ether oxygens (including phenoxy) is 1. The molecule has 0 saturated heterocycles. The third kappa shape index (κ3) is 3.68. The van der Waals surface area contributed by atoms with Crippen molar-refractivity contribution in [2.24, 2.45) is 17.8 Å². The molecule has 3 amide bonds. The van der Waals surface area contributed by atoms with E-state index in [-0.39, 0.29) is 5.97 Å². The van der Waals surface area contributed by atoms with Gasteiger partial charge in [-0.05, 0) is 37.0 Å². The van der Waals surface area contributed by atoms with Crippen LogP contribution in [-0.2, 0) is 14.3 Å². The molecule has 2 N–H and O–H groups in total. The average Bonchev–Trinajstić information content (AvgIpc) is 2.98. The maximum atomic E-state index is 11.6. The van der Waals surface area contributed by atoms with Crippen LogP contribution in [0.25, 0.3) is 0 Å². The number of nitrogens with one attached hydrogen (secondary N) is 2. The van der Waals surface area contributed by atoms with E-state index in [2.05, 4.69) is 5.32 Å². The second kappa shape index (κ2) is 6.04. The van der Waals surface area contributed by atoms with Gasteiger partial charge in [0.2, 0.25) is 0 Å². The van der Waals surface area contributed by atoms with Gasteiger partial charge in [0.1, 0.15) is 0 Å². The highest BCUT2D eigenvalue weighted by Gasteiger charge is 2.40. The van der Waals surface area contributed by atoms with Gasteiger partial charge in [0.25, 0.3) is 5.91 Å². The summed E-state index contributed by atoms with van der Waals surface area (Å²) in [7, 11) is 1.41. The minimum Gasteiger partial charge on any atom is -0.456 e. The standard InChI is InChI=1S/C13H20N2O4/c1-14-13(18)15-11(16)7-19-12(17)6-10-5-8-2-3-9(10)4-8/h8-10H,2-7H2,1H3,(H2,14,15,16,18)/t8-,9+,10-/m1/s1. The molecule has 2 fully saturated rings. The summed E-state index contributed by atoms with van der Waals surface area (Å²) in [4.78, 5) is 33.7. The van der Waals surface area contributed by atoms with Crippen molar-refractivity contribution in [1.82, 2.24) is 10.6 Å². The predicted molar refractivity (Wildman–Crippen MR) is 67.1 cm³/mol. The highest BCUT2D eigenvalue weighted by atomic mass is 16.5. The van der Waals surface area contributed by atoms with Crippen LogP contribution in [0.3, 0.4) is 0 Å². The molecule has 0 aromatic carbocycles. The molecule has 6 heteroatoms. The van der Waals surface area contributed by atoms with Crippen molar-refractivity contribution in [2.75, 3.05) is 13.7 Å². The van der Waals surface area contributed by atoms with E-state index < -0.39 is 18.5 Å². The molecule has 106 valence electrons. The fourth-order valence-electron chi connectivity index (χ4n) is 3.27. The van der Waals surface area contributed by atoms with E-state index >= 15 is 0 Å². The molecule has 2 aliphatic rings. The van der Waals surface area contributed by atoms with Gasteiger partial charge in [0, 0.05) is 13.5 Å². The van der Waals surface area contributed by atoms with E-state index in [1.54, 1.807) is 0 Å². The number of amides is 3. The largest absolute Gasteiger partial charge is 0.456 e. The summed E-state index contributed by atoms with van der Waals surface area (Å²) in [6, 6.07) is -0.603. The first-order valence-corrected chi connectivity index (χ1v) is 6.75. The second-order valence-electron chi connectivity index (χ2n) is 5.43. The number of hydrogen-bond donors (Lipinski definition) is 2. The van der Waals surface area contributed by atoms with Crippen molar-refractivity contribution < 1.29 is 19.1 Å². The Bertz CT molecular complexity index is 383. The molecular weight excluding hydrogens is 248 g/mol. The minimum atomic E-state index is -0.611. The van der Waals surface area contributed by atoms with Gasteiger partial charge < -0.3 is 10.1 Å². The van der Waals surface area contributed by atoms with Crippen LogP contribution in [0.4, 0.5) is 4.79 Å². The smallest absolute Gasteiger partial charge is 0.321 e. The quantitative estimate of drug-likeness (QED) is 0.739. The summed E-state index contributed by atoms with van der Waals surface area (Å²) in [5.74, 6) is 0.926. The zero-order valence-corrected chi connectivity index (χ0v) is 11.1. The molecule has 2 bridgehead atoms. The van der Waals surface area contributed by atoms with E-state index in [9.17, 15) is 14.4 Å². The Kier molecular flexibility index (Phi) is 4.39. The lowest BCUT2D eigenvalue weighted by molar-refractivity contribution is -0.149. The van der Waals surface area contributed by atoms with Gasteiger partial charge in [-0.15, -0.1) is 0 Å². The SMILES string of the molecule is CNC(=O)NC(=O)COC(=O)C[C@H]1C[C@@H]2CC[C@H]1C2. The Balaban J connectivity index is 1.65. The summed E-state index contributed by atoms with van der Waals surface area (Å²) in [5.41, 5.74) is 0. The maximum Gasteiger partial charge on any atom is 0.321 e. The van der Waals surface area contributed by atoms with E-state index in [1.165, 1.54) is 26.3 Å². The molecule has 2 saturated carbocycles. The van der Waals surface area contributed by atoms with Crippen LogP contribution in [0.15, 0.2) is 0 Å². The molecule has 3 atom stereocenters. The lowest BCUT2D eigenvalue weighted by atomic mass is 9.86. The van der Waals surface area contributed by atoms with Crippen LogP contribution in [0.2, 0.25) is 0 Å². The van der Waals surface area contributed by atoms with Gasteiger partial charge in [-0.3, -0.25) is 14.9 Å². The zero-order valence-electron chi connectivity index (χ0n) is 11.1. The first kappa shape index (κ1) is 13.8. The molecule has 0 aliphatic heterocycles. The van der Waals surface area contributed by atoms with Crippen LogP contribution >= 0.6 is 0 Å². The van der Waals surface area contributed by atoms with Crippen molar-refractivity contribution in [2.45, 2.75) is 32.1 Å². The Hall–Kier alpha value is -1.59. The van der Waals surface area contributed by atoms with Gasteiger partial charge in [-0.25, -0.2) is 4.79 Å². The summed E-state index contributed by atoms with van der Waals surface area (Å²) in [6.45, 7) is -0.396. The summed E-state index contributed by atoms with van der Waals surface area (Å²) in [6.07, 6.45) is 5.28. The Morgan fingerprint density at radius 2 is 2.00 bits per heavy atom. The molecular formula is C13H20N2O4. The van der Waals surface area contributed by atoms with E-state index in [4.69, 9.17) is 4.74 Å². The molecule has 0 heterocycles. The number of carbonyl (C=O) groups excluding carboxylic acids is 3. The van der Waals surface area contributed by atoms with Crippen molar-refractivity contribution in [3.63, 3.8) is 0 Å². The number of esters is 1. The third-order valence-corrected chi connectivity index (χ3v) is 4.16. The van der Waals surface area contributed by atoms with E-state index in [0.717, 1.165) is 12.3 Å². The Labute approximate surface area is 112 Å². The first-order valence-electron chi connectivity index (χ1n) is 6.75. The average molecular weight is 268 g/mol.